The van der Waals surface area contributed by atoms with Gasteiger partial charge in [0, 0.05) is 0 Å². The highest BCUT2D eigenvalue weighted by Gasteiger charge is 2.14. The molecule has 0 aliphatic heterocycles. The van der Waals surface area contributed by atoms with E-state index in [0.717, 1.165) is 0 Å². The third-order valence-electron chi connectivity index (χ3n) is 3.52. The molecule has 0 radical (unpaired) electrons. The van der Waals surface area contributed by atoms with Gasteiger partial charge in [-0.2, -0.15) is 0 Å². The molecule has 0 saturated carbocycles. The van der Waals surface area contributed by atoms with Crippen LogP contribution in [0.25, 0.3) is 11.6 Å². The molecule has 2 N–H and O–H groups in total. The van der Waals surface area contributed by atoms with E-state index in [2.05, 4.69) is 0 Å². The number of carboxylic acids is 1. The van der Waals surface area contributed by atoms with Gasteiger partial charge in [0.25, 0.3) is 0 Å². The zero-order chi connectivity index (χ0) is 18.4. The highest BCUT2D eigenvalue weighted by Crippen LogP contribution is 2.32. The monoisotopic (exact) mass is 344 g/mol. The number of carboxylic acid groups (broad SMARTS) is 1. The van der Waals surface area contributed by atoms with Crippen LogP contribution < -0.4 is 14.2 Å². The summed E-state index contributed by atoms with van der Waals surface area (Å²) in [4.78, 5) is 11.7. The Hall–Kier alpha value is -3.15. The van der Waals surface area contributed by atoms with Gasteiger partial charge in [0.2, 0.25) is 0 Å². The number of phenols is 1. The summed E-state index contributed by atoms with van der Waals surface area (Å²) in [5.74, 6) is 0.167. The van der Waals surface area contributed by atoms with Crippen molar-refractivity contribution in [2.45, 2.75) is 6.92 Å². The molecular weight excluding hydrogens is 324 g/mol. The molecule has 0 heterocycles. The normalized spacial score (nSPS) is 11.1. The van der Waals surface area contributed by atoms with E-state index < -0.39 is 5.97 Å². The van der Waals surface area contributed by atoms with Gasteiger partial charge in [0.15, 0.2) is 23.0 Å². The second-order valence-electron chi connectivity index (χ2n) is 5.09. The van der Waals surface area contributed by atoms with E-state index in [1.165, 1.54) is 26.4 Å². The van der Waals surface area contributed by atoms with Gasteiger partial charge in [0.05, 0.1) is 26.4 Å². The molecule has 6 nitrogen and oxygen atoms in total. The van der Waals surface area contributed by atoms with E-state index in [-0.39, 0.29) is 11.3 Å². The summed E-state index contributed by atoms with van der Waals surface area (Å²) in [5, 5.41) is 19.3. The quantitative estimate of drug-likeness (QED) is 0.591. The molecule has 132 valence electrons. The molecule has 25 heavy (non-hydrogen) atoms. The third-order valence-corrected chi connectivity index (χ3v) is 3.52. The van der Waals surface area contributed by atoms with Crippen LogP contribution in [0.5, 0.6) is 23.0 Å². The van der Waals surface area contributed by atoms with Crippen molar-refractivity contribution in [3.05, 3.63) is 47.5 Å². The molecule has 0 spiro atoms. The lowest BCUT2D eigenvalue weighted by Crippen LogP contribution is -2.01. The Bertz CT molecular complexity index is 794. The lowest BCUT2D eigenvalue weighted by molar-refractivity contribution is -0.130. The number of aliphatic carboxylic acids is 1. The van der Waals surface area contributed by atoms with E-state index in [9.17, 15) is 15.0 Å². The summed E-state index contributed by atoms with van der Waals surface area (Å²) >= 11 is 0. The number of rotatable bonds is 7. The number of hydrogen-bond acceptors (Lipinski definition) is 5. The molecule has 2 aromatic rings. The standard InChI is InChI=1S/C19H20O6/c1-4-25-17-10-12(5-7-15(17)20)9-14(19(21)22)13-6-8-16(23-2)18(11-13)24-3/h5-11,20H,4H2,1-3H3,(H,21,22)/b14-9-. The predicted octanol–water partition coefficient (Wildman–Crippen LogP) is 3.43. The molecule has 0 aromatic heterocycles. The fraction of sp³-hybridized carbons (Fsp3) is 0.211. The Morgan fingerprint density at radius 2 is 1.76 bits per heavy atom. The van der Waals surface area contributed by atoms with Crippen LogP contribution in [0.4, 0.5) is 0 Å². The largest absolute Gasteiger partial charge is 0.504 e. The first-order valence-electron chi connectivity index (χ1n) is 7.63. The van der Waals surface area contributed by atoms with Crippen LogP contribution in [0.3, 0.4) is 0 Å². The van der Waals surface area contributed by atoms with Crippen molar-refractivity contribution in [3.63, 3.8) is 0 Å². The van der Waals surface area contributed by atoms with Crippen molar-refractivity contribution in [2.75, 3.05) is 20.8 Å². The van der Waals surface area contributed by atoms with E-state index in [4.69, 9.17) is 14.2 Å². The summed E-state index contributed by atoms with van der Waals surface area (Å²) in [5.41, 5.74) is 1.14. The Morgan fingerprint density at radius 1 is 1.04 bits per heavy atom. The first-order valence-corrected chi connectivity index (χ1v) is 7.63. The lowest BCUT2D eigenvalue weighted by Gasteiger charge is -2.11. The zero-order valence-corrected chi connectivity index (χ0v) is 14.3. The Balaban J connectivity index is 2.50. The topological polar surface area (TPSA) is 85.2 Å². The third kappa shape index (κ3) is 4.23. The lowest BCUT2D eigenvalue weighted by atomic mass is 10.0. The van der Waals surface area contributed by atoms with Gasteiger partial charge in [-0.3, -0.25) is 0 Å². The number of carbonyl (C=O) groups is 1. The summed E-state index contributed by atoms with van der Waals surface area (Å²) in [6.45, 7) is 2.19. The molecule has 0 fully saturated rings. The number of hydrogen-bond donors (Lipinski definition) is 2. The maximum absolute atomic E-state index is 11.7. The van der Waals surface area contributed by atoms with Crippen molar-refractivity contribution < 1.29 is 29.2 Å². The summed E-state index contributed by atoms with van der Waals surface area (Å²) in [6, 6.07) is 9.55. The average molecular weight is 344 g/mol. The number of ether oxygens (including phenoxy) is 3. The van der Waals surface area contributed by atoms with Crippen LogP contribution in [0.15, 0.2) is 36.4 Å². The first-order chi connectivity index (χ1) is 12.0. The second-order valence-corrected chi connectivity index (χ2v) is 5.09. The zero-order valence-electron chi connectivity index (χ0n) is 14.3. The van der Waals surface area contributed by atoms with E-state index in [1.54, 1.807) is 37.3 Å². The Labute approximate surface area is 145 Å². The van der Waals surface area contributed by atoms with Crippen LogP contribution in [0, 0.1) is 0 Å². The molecule has 0 saturated heterocycles. The van der Waals surface area contributed by atoms with Crippen LogP contribution >= 0.6 is 0 Å². The molecule has 0 aliphatic carbocycles. The minimum Gasteiger partial charge on any atom is -0.504 e. The van der Waals surface area contributed by atoms with Crippen molar-refractivity contribution in [3.8, 4) is 23.0 Å². The number of aromatic hydroxyl groups is 1. The van der Waals surface area contributed by atoms with Crippen LogP contribution in [0.2, 0.25) is 0 Å². The van der Waals surface area contributed by atoms with Gasteiger partial charge in [0.1, 0.15) is 0 Å². The van der Waals surface area contributed by atoms with Crippen LogP contribution in [0.1, 0.15) is 18.1 Å². The van der Waals surface area contributed by atoms with Crippen molar-refractivity contribution in [1.82, 2.24) is 0 Å². The van der Waals surface area contributed by atoms with Crippen molar-refractivity contribution >= 4 is 17.6 Å². The number of phenolic OH excluding ortho intramolecular Hbond substituents is 1. The first kappa shape index (κ1) is 18.2. The minimum atomic E-state index is -1.08. The Kier molecular flexibility index (Phi) is 5.89. The van der Waals surface area contributed by atoms with Gasteiger partial charge in [-0.25, -0.2) is 4.79 Å². The van der Waals surface area contributed by atoms with Crippen molar-refractivity contribution in [1.29, 1.82) is 0 Å². The second kappa shape index (κ2) is 8.10. The van der Waals surface area contributed by atoms with Gasteiger partial charge in [-0.15, -0.1) is 0 Å². The molecule has 0 amide bonds. The molecule has 0 aliphatic rings. The summed E-state index contributed by atoms with van der Waals surface area (Å²) in [6.07, 6.45) is 1.51. The molecule has 2 aromatic carbocycles. The SMILES string of the molecule is CCOc1cc(/C=C(\C(=O)O)c2ccc(OC)c(OC)c2)ccc1O. The van der Waals surface area contributed by atoms with Crippen LogP contribution in [-0.4, -0.2) is 37.0 Å². The molecule has 0 unspecified atom stereocenters. The van der Waals surface area contributed by atoms with Gasteiger partial charge in [-0.1, -0.05) is 12.1 Å². The maximum Gasteiger partial charge on any atom is 0.336 e. The smallest absolute Gasteiger partial charge is 0.336 e. The predicted molar refractivity (Wildman–Crippen MR) is 94.3 cm³/mol. The van der Waals surface area contributed by atoms with Gasteiger partial charge in [-0.05, 0) is 48.4 Å². The van der Waals surface area contributed by atoms with E-state index >= 15 is 0 Å². The average Bonchev–Trinajstić information content (AvgIpc) is 2.61. The van der Waals surface area contributed by atoms with E-state index in [1.807, 2.05) is 0 Å². The molecule has 6 heteroatoms. The summed E-state index contributed by atoms with van der Waals surface area (Å²) < 4.78 is 15.7. The minimum absolute atomic E-state index is 0.00184. The molecule has 0 atom stereocenters. The van der Waals surface area contributed by atoms with Gasteiger partial charge < -0.3 is 24.4 Å². The highest BCUT2D eigenvalue weighted by molar-refractivity contribution is 6.20. The van der Waals surface area contributed by atoms with E-state index in [0.29, 0.717) is 35.0 Å². The molecule has 2 rings (SSSR count). The van der Waals surface area contributed by atoms with Crippen LogP contribution in [-0.2, 0) is 4.79 Å². The van der Waals surface area contributed by atoms with Crippen molar-refractivity contribution in [2.24, 2.45) is 0 Å². The molecular formula is C19H20O6. The highest BCUT2D eigenvalue weighted by atomic mass is 16.5. The maximum atomic E-state index is 11.7. The number of methoxy groups -OCH3 is 2. The fourth-order valence-electron chi connectivity index (χ4n) is 2.33. The molecule has 0 bridgehead atoms. The fourth-order valence-corrected chi connectivity index (χ4v) is 2.33. The summed E-state index contributed by atoms with van der Waals surface area (Å²) in [7, 11) is 3.00. The van der Waals surface area contributed by atoms with Gasteiger partial charge >= 0.3 is 5.97 Å². The number of benzene rings is 2. The Morgan fingerprint density at radius 3 is 2.36 bits per heavy atom.